The van der Waals surface area contributed by atoms with Gasteiger partial charge in [0.2, 0.25) is 5.91 Å². The number of hydrogen-bond donors (Lipinski definition) is 2. The van der Waals surface area contributed by atoms with E-state index in [-0.39, 0.29) is 11.3 Å². The number of hydrogen-bond acceptors (Lipinski definition) is 3. The van der Waals surface area contributed by atoms with Crippen molar-refractivity contribution < 1.29 is 4.79 Å². The van der Waals surface area contributed by atoms with Crippen LogP contribution in [0.15, 0.2) is 36.7 Å². The van der Waals surface area contributed by atoms with Crippen molar-refractivity contribution in [3.8, 4) is 0 Å². The van der Waals surface area contributed by atoms with Gasteiger partial charge in [-0.05, 0) is 30.5 Å². The summed E-state index contributed by atoms with van der Waals surface area (Å²) in [4.78, 5) is 16.6. The third kappa shape index (κ3) is 2.15. The maximum absolute atomic E-state index is 12.4. The Hall–Kier alpha value is -2.30. The van der Waals surface area contributed by atoms with Crippen LogP contribution < -0.4 is 11.1 Å². The Kier molecular flexibility index (Phi) is 2.97. The van der Waals surface area contributed by atoms with E-state index in [4.69, 9.17) is 5.73 Å². The summed E-state index contributed by atoms with van der Waals surface area (Å²) in [6.45, 7) is 0.457. The van der Waals surface area contributed by atoms with Crippen LogP contribution in [0.1, 0.15) is 24.2 Å². The number of nitrogens with two attached hydrogens (primary N) is 1. The van der Waals surface area contributed by atoms with E-state index in [1.807, 2.05) is 42.1 Å². The van der Waals surface area contributed by atoms with Gasteiger partial charge in [0.05, 0.1) is 12.0 Å². The molecule has 0 bridgehead atoms. The molecule has 1 saturated carbocycles. The highest BCUT2D eigenvalue weighted by molar-refractivity contribution is 5.91. The van der Waals surface area contributed by atoms with Gasteiger partial charge in [-0.15, -0.1) is 0 Å². The monoisotopic (exact) mass is 270 g/mol. The van der Waals surface area contributed by atoms with E-state index in [0.29, 0.717) is 6.54 Å². The summed E-state index contributed by atoms with van der Waals surface area (Å²) in [6, 6.07) is 7.59. The molecule has 0 saturated heterocycles. The van der Waals surface area contributed by atoms with Gasteiger partial charge in [-0.3, -0.25) is 4.79 Å². The fraction of sp³-hybridized carbons (Fsp3) is 0.333. The molecule has 1 heterocycles. The summed E-state index contributed by atoms with van der Waals surface area (Å²) in [7, 11) is 1.92. The van der Waals surface area contributed by atoms with Gasteiger partial charge in [0.25, 0.3) is 0 Å². The summed E-state index contributed by atoms with van der Waals surface area (Å²) < 4.78 is 1.91. The van der Waals surface area contributed by atoms with Crippen molar-refractivity contribution in [1.82, 2.24) is 14.9 Å². The molecule has 0 aliphatic heterocycles. The Bertz CT molecular complexity index is 626. The smallest absolute Gasteiger partial charge is 0.231 e. The second-order valence-corrected chi connectivity index (χ2v) is 5.34. The number of aromatic nitrogens is 2. The first-order valence-electron chi connectivity index (χ1n) is 6.72. The molecule has 1 aromatic heterocycles. The fourth-order valence-corrected chi connectivity index (χ4v) is 2.47. The van der Waals surface area contributed by atoms with Crippen molar-refractivity contribution in [3.63, 3.8) is 0 Å². The normalized spacial score (nSPS) is 15.8. The number of rotatable bonds is 4. The molecule has 1 fully saturated rings. The van der Waals surface area contributed by atoms with Crippen molar-refractivity contribution in [2.24, 2.45) is 7.05 Å². The Labute approximate surface area is 117 Å². The second kappa shape index (κ2) is 4.67. The van der Waals surface area contributed by atoms with E-state index < -0.39 is 0 Å². The highest BCUT2D eigenvalue weighted by Crippen LogP contribution is 2.48. The van der Waals surface area contributed by atoms with Gasteiger partial charge in [0.1, 0.15) is 5.82 Å². The molecule has 5 heteroatoms. The lowest BCUT2D eigenvalue weighted by Crippen LogP contribution is -2.34. The maximum Gasteiger partial charge on any atom is 0.231 e. The SMILES string of the molecule is Cn1ccnc1CNC(=O)C1(c2ccc(N)cc2)CC1. The number of aryl methyl sites for hydroxylation is 1. The summed E-state index contributed by atoms with van der Waals surface area (Å²) in [5, 5.41) is 2.99. The highest BCUT2D eigenvalue weighted by atomic mass is 16.2. The van der Waals surface area contributed by atoms with Crippen LogP contribution in [0.5, 0.6) is 0 Å². The second-order valence-electron chi connectivity index (χ2n) is 5.34. The number of anilines is 1. The van der Waals surface area contributed by atoms with Gasteiger partial charge >= 0.3 is 0 Å². The molecular formula is C15H18N4O. The van der Waals surface area contributed by atoms with Crippen LogP contribution in [-0.2, 0) is 23.8 Å². The zero-order chi connectivity index (χ0) is 14.2. The molecule has 0 spiro atoms. The van der Waals surface area contributed by atoms with Gasteiger partial charge in [0.15, 0.2) is 0 Å². The summed E-state index contributed by atoms with van der Waals surface area (Å²) in [5.74, 6) is 0.928. The Morgan fingerprint density at radius 1 is 1.40 bits per heavy atom. The zero-order valence-corrected chi connectivity index (χ0v) is 11.5. The van der Waals surface area contributed by atoms with Crippen LogP contribution in [0.4, 0.5) is 5.69 Å². The number of nitrogens with zero attached hydrogens (tertiary/aromatic N) is 2. The average molecular weight is 270 g/mol. The molecule has 0 radical (unpaired) electrons. The van der Waals surface area contributed by atoms with Crippen LogP contribution >= 0.6 is 0 Å². The molecule has 3 N–H and O–H groups in total. The van der Waals surface area contributed by atoms with Gasteiger partial charge in [-0.1, -0.05) is 12.1 Å². The lowest BCUT2D eigenvalue weighted by Gasteiger charge is -2.16. The standard InChI is InChI=1S/C15H18N4O/c1-19-9-8-17-13(19)10-18-14(20)15(6-7-15)11-2-4-12(16)5-3-11/h2-5,8-9H,6-7,10,16H2,1H3,(H,18,20). The van der Waals surface area contributed by atoms with Gasteiger partial charge < -0.3 is 15.6 Å². The van der Waals surface area contributed by atoms with Crippen LogP contribution in [0, 0.1) is 0 Å². The number of nitrogen functional groups attached to an aromatic ring is 1. The van der Waals surface area contributed by atoms with Gasteiger partial charge in [0, 0.05) is 25.1 Å². The molecular weight excluding hydrogens is 252 g/mol. The molecule has 1 amide bonds. The molecule has 1 aliphatic carbocycles. The van der Waals surface area contributed by atoms with Crippen molar-refractivity contribution in [2.45, 2.75) is 24.8 Å². The number of amides is 1. The molecule has 1 aromatic carbocycles. The van der Waals surface area contributed by atoms with Gasteiger partial charge in [-0.2, -0.15) is 0 Å². The fourth-order valence-electron chi connectivity index (χ4n) is 2.47. The summed E-state index contributed by atoms with van der Waals surface area (Å²) in [6.07, 6.45) is 5.38. The predicted octanol–water partition coefficient (Wildman–Crippen LogP) is 1.35. The molecule has 104 valence electrons. The van der Waals surface area contributed by atoms with E-state index in [9.17, 15) is 4.79 Å². The van der Waals surface area contributed by atoms with E-state index >= 15 is 0 Å². The lowest BCUT2D eigenvalue weighted by atomic mass is 9.95. The third-order valence-electron chi connectivity index (χ3n) is 3.98. The lowest BCUT2D eigenvalue weighted by molar-refractivity contribution is -0.123. The minimum Gasteiger partial charge on any atom is -0.399 e. The number of carbonyl (C=O) groups excluding carboxylic acids is 1. The van der Waals surface area contributed by atoms with E-state index in [1.165, 1.54) is 0 Å². The number of benzene rings is 1. The largest absolute Gasteiger partial charge is 0.399 e. The number of imidazole rings is 1. The molecule has 1 aliphatic rings. The summed E-state index contributed by atoms with van der Waals surface area (Å²) >= 11 is 0. The zero-order valence-electron chi connectivity index (χ0n) is 11.5. The minimum absolute atomic E-state index is 0.0743. The van der Waals surface area contributed by atoms with Crippen LogP contribution in [0.2, 0.25) is 0 Å². The van der Waals surface area contributed by atoms with E-state index in [0.717, 1.165) is 29.9 Å². The summed E-state index contributed by atoms with van der Waals surface area (Å²) in [5.41, 5.74) is 7.10. The quantitative estimate of drug-likeness (QED) is 0.824. The predicted molar refractivity (Wildman–Crippen MR) is 76.8 cm³/mol. The highest BCUT2D eigenvalue weighted by Gasteiger charge is 2.51. The van der Waals surface area contributed by atoms with Crippen LogP contribution in [-0.4, -0.2) is 15.5 Å². The Morgan fingerprint density at radius 2 is 2.10 bits per heavy atom. The average Bonchev–Trinajstić information content (AvgIpc) is 3.15. The Balaban J connectivity index is 1.70. The van der Waals surface area contributed by atoms with Crippen LogP contribution in [0.3, 0.4) is 0 Å². The van der Waals surface area contributed by atoms with E-state index in [2.05, 4.69) is 10.3 Å². The van der Waals surface area contributed by atoms with Crippen molar-refractivity contribution >= 4 is 11.6 Å². The first kappa shape index (κ1) is 12.7. The van der Waals surface area contributed by atoms with Gasteiger partial charge in [-0.25, -0.2) is 4.98 Å². The Morgan fingerprint density at radius 3 is 2.65 bits per heavy atom. The van der Waals surface area contributed by atoms with Crippen LogP contribution in [0.25, 0.3) is 0 Å². The molecule has 2 aromatic rings. The first-order chi connectivity index (χ1) is 9.62. The topological polar surface area (TPSA) is 72.9 Å². The first-order valence-corrected chi connectivity index (χ1v) is 6.72. The third-order valence-corrected chi connectivity index (χ3v) is 3.98. The van der Waals surface area contributed by atoms with Crippen molar-refractivity contribution in [1.29, 1.82) is 0 Å². The van der Waals surface area contributed by atoms with Crippen molar-refractivity contribution in [2.75, 3.05) is 5.73 Å². The molecule has 0 unspecified atom stereocenters. The molecule has 3 rings (SSSR count). The van der Waals surface area contributed by atoms with E-state index in [1.54, 1.807) is 6.20 Å². The minimum atomic E-state index is -0.362. The maximum atomic E-state index is 12.4. The molecule has 20 heavy (non-hydrogen) atoms. The molecule has 5 nitrogen and oxygen atoms in total. The number of carbonyl (C=O) groups is 1. The van der Waals surface area contributed by atoms with Crippen molar-refractivity contribution in [3.05, 3.63) is 48.0 Å². The molecule has 0 atom stereocenters. The number of nitrogens with one attached hydrogen (secondary N) is 1.